The van der Waals surface area contributed by atoms with Gasteiger partial charge >= 0.3 is 0 Å². The van der Waals surface area contributed by atoms with E-state index in [9.17, 15) is 14.9 Å². The van der Waals surface area contributed by atoms with Gasteiger partial charge in [0, 0.05) is 6.07 Å². The Labute approximate surface area is 173 Å². The lowest BCUT2D eigenvalue weighted by Crippen LogP contribution is -2.19. The number of carbonyl (C=O) groups is 1. The fourth-order valence-electron chi connectivity index (χ4n) is 2.83. The molecule has 0 bridgehead atoms. The van der Waals surface area contributed by atoms with Crippen molar-refractivity contribution in [1.29, 1.82) is 0 Å². The zero-order valence-electron chi connectivity index (χ0n) is 16.6. The van der Waals surface area contributed by atoms with Crippen LogP contribution in [0, 0.1) is 17.0 Å². The zero-order valence-corrected chi connectivity index (χ0v) is 16.6. The van der Waals surface area contributed by atoms with Crippen LogP contribution >= 0.6 is 0 Å². The smallest absolute Gasteiger partial charge is 0.280 e. The first-order chi connectivity index (χ1) is 14.5. The van der Waals surface area contributed by atoms with Gasteiger partial charge in [-0.15, -0.1) is 0 Å². The number of nitrogens with zero attached hydrogens (tertiary/aromatic N) is 2. The van der Waals surface area contributed by atoms with Crippen molar-refractivity contribution in [2.24, 2.45) is 5.10 Å². The number of ether oxygens (including phenoxy) is 1. The van der Waals surface area contributed by atoms with Gasteiger partial charge in [0.2, 0.25) is 5.91 Å². The van der Waals surface area contributed by atoms with Crippen LogP contribution in [-0.4, -0.2) is 23.7 Å². The van der Waals surface area contributed by atoms with Gasteiger partial charge in [-0.3, -0.25) is 14.9 Å². The summed E-state index contributed by atoms with van der Waals surface area (Å²) in [5.41, 5.74) is 4.40. The Morgan fingerprint density at radius 2 is 1.97 bits per heavy atom. The van der Waals surface area contributed by atoms with Crippen LogP contribution in [-0.2, 0) is 11.2 Å². The van der Waals surface area contributed by atoms with E-state index in [1.807, 2.05) is 31.2 Å². The number of nitro benzene ring substituents is 1. The number of nitrogens with one attached hydrogen (secondary N) is 1. The highest BCUT2D eigenvalue weighted by molar-refractivity contribution is 5.82. The lowest BCUT2D eigenvalue weighted by Gasteiger charge is -2.04. The van der Waals surface area contributed by atoms with Crippen LogP contribution < -0.4 is 10.2 Å². The summed E-state index contributed by atoms with van der Waals surface area (Å²) >= 11 is 0. The minimum Gasteiger partial charge on any atom is -0.494 e. The molecule has 0 saturated carbocycles. The highest BCUT2D eigenvalue weighted by Gasteiger charge is 2.18. The van der Waals surface area contributed by atoms with Crippen LogP contribution in [0.15, 0.2) is 64.1 Å². The molecule has 0 atom stereocenters. The largest absolute Gasteiger partial charge is 0.494 e. The standard InChI is InChI=1S/C22H21N3O5/c1-3-29-17-7-5-16(6-8-17)13-22(26)24-23-14-18-9-11-21(30-18)19-10-4-15(2)12-20(19)25(27)28/h4-12,14H,3,13H2,1-2H3,(H,24,26)/b23-14-. The van der Waals surface area contributed by atoms with Crippen molar-refractivity contribution in [3.05, 3.63) is 81.6 Å². The van der Waals surface area contributed by atoms with E-state index < -0.39 is 4.92 Å². The Kier molecular flexibility index (Phi) is 6.59. The van der Waals surface area contributed by atoms with Crippen LogP contribution in [0.3, 0.4) is 0 Å². The predicted octanol–water partition coefficient (Wildman–Crippen LogP) is 4.25. The molecule has 154 valence electrons. The molecular weight excluding hydrogens is 386 g/mol. The van der Waals surface area contributed by atoms with Crippen molar-refractivity contribution in [1.82, 2.24) is 5.43 Å². The third-order valence-corrected chi connectivity index (χ3v) is 4.22. The summed E-state index contributed by atoms with van der Waals surface area (Å²) in [5.74, 6) is 1.18. The summed E-state index contributed by atoms with van der Waals surface area (Å²) in [4.78, 5) is 22.9. The molecule has 3 rings (SSSR count). The van der Waals surface area contributed by atoms with Crippen molar-refractivity contribution in [3.8, 4) is 17.1 Å². The minimum absolute atomic E-state index is 0.0310. The van der Waals surface area contributed by atoms with Crippen molar-refractivity contribution in [2.75, 3.05) is 6.61 Å². The normalized spacial score (nSPS) is 10.9. The maximum atomic E-state index is 12.0. The number of furan rings is 1. The second-order valence-corrected chi connectivity index (χ2v) is 6.53. The summed E-state index contributed by atoms with van der Waals surface area (Å²) < 4.78 is 11.0. The molecule has 30 heavy (non-hydrogen) atoms. The predicted molar refractivity (Wildman–Crippen MR) is 113 cm³/mol. The number of amides is 1. The summed E-state index contributed by atoms with van der Waals surface area (Å²) in [6.07, 6.45) is 1.52. The Hall–Kier alpha value is -3.94. The molecule has 1 aromatic heterocycles. The first kappa shape index (κ1) is 20.8. The molecule has 1 heterocycles. The first-order valence-corrected chi connectivity index (χ1v) is 9.35. The number of benzene rings is 2. The van der Waals surface area contributed by atoms with Gasteiger partial charge in [-0.2, -0.15) is 5.10 Å². The van der Waals surface area contributed by atoms with Gasteiger partial charge in [0.25, 0.3) is 5.69 Å². The molecule has 2 aromatic carbocycles. The third kappa shape index (κ3) is 5.32. The molecule has 0 fully saturated rings. The summed E-state index contributed by atoms with van der Waals surface area (Å²) in [6, 6.07) is 15.4. The number of hydrogen-bond acceptors (Lipinski definition) is 6. The van der Waals surface area contributed by atoms with E-state index in [-0.39, 0.29) is 18.0 Å². The average Bonchev–Trinajstić information content (AvgIpc) is 3.18. The maximum Gasteiger partial charge on any atom is 0.280 e. The molecule has 1 N–H and O–H groups in total. The molecule has 0 unspecified atom stereocenters. The van der Waals surface area contributed by atoms with E-state index >= 15 is 0 Å². The summed E-state index contributed by atoms with van der Waals surface area (Å²) in [6.45, 7) is 4.27. The van der Waals surface area contributed by atoms with Crippen LogP contribution in [0.25, 0.3) is 11.3 Å². The van der Waals surface area contributed by atoms with Crippen molar-refractivity contribution in [2.45, 2.75) is 20.3 Å². The SMILES string of the molecule is CCOc1ccc(CC(=O)N/N=C\c2ccc(-c3ccc(C)cc3[N+](=O)[O-])o2)cc1. The lowest BCUT2D eigenvalue weighted by atomic mass is 10.1. The fraction of sp³-hybridized carbons (Fsp3) is 0.182. The molecule has 0 spiro atoms. The molecule has 0 aliphatic carbocycles. The van der Waals surface area contributed by atoms with Crippen LogP contribution in [0.4, 0.5) is 5.69 Å². The molecule has 0 aliphatic rings. The molecule has 8 heteroatoms. The number of aryl methyl sites for hydroxylation is 1. The quantitative estimate of drug-likeness (QED) is 0.341. The van der Waals surface area contributed by atoms with Gasteiger partial charge in [0.1, 0.15) is 17.3 Å². The van der Waals surface area contributed by atoms with E-state index in [2.05, 4.69) is 10.5 Å². The minimum atomic E-state index is -0.445. The van der Waals surface area contributed by atoms with Crippen molar-refractivity contribution in [3.63, 3.8) is 0 Å². The highest BCUT2D eigenvalue weighted by Crippen LogP contribution is 2.31. The molecule has 8 nitrogen and oxygen atoms in total. The van der Waals surface area contributed by atoms with E-state index in [0.717, 1.165) is 16.9 Å². The average molecular weight is 407 g/mol. The van der Waals surface area contributed by atoms with Crippen LogP contribution in [0.1, 0.15) is 23.8 Å². The Balaban J connectivity index is 1.61. The van der Waals surface area contributed by atoms with Gasteiger partial charge in [-0.25, -0.2) is 5.43 Å². The van der Waals surface area contributed by atoms with E-state index in [1.165, 1.54) is 12.3 Å². The lowest BCUT2D eigenvalue weighted by molar-refractivity contribution is -0.384. The maximum absolute atomic E-state index is 12.0. The molecular formula is C22H21N3O5. The highest BCUT2D eigenvalue weighted by atomic mass is 16.6. The number of rotatable bonds is 8. The Morgan fingerprint density at radius 3 is 2.67 bits per heavy atom. The van der Waals surface area contributed by atoms with Gasteiger partial charge in [0.15, 0.2) is 0 Å². The molecule has 3 aromatic rings. The first-order valence-electron chi connectivity index (χ1n) is 9.35. The van der Waals surface area contributed by atoms with E-state index in [0.29, 0.717) is 23.7 Å². The zero-order chi connectivity index (χ0) is 21.5. The van der Waals surface area contributed by atoms with E-state index in [4.69, 9.17) is 9.15 Å². The van der Waals surface area contributed by atoms with Crippen LogP contribution in [0.2, 0.25) is 0 Å². The van der Waals surface area contributed by atoms with Gasteiger partial charge in [0.05, 0.1) is 29.7 Å². The van der Waals surface area contributed by atoms with Crippen molar-refractivity contribution >= 4 is 17.8 Å². The van der Waals surface area contributed by atoms with Crippen LogP contribution in [0.5, 0.6) is 5.75 Å². The summed E-state index contributed by atoms with van der Waals surface area (Å²) in [5, 5.41) is 15.2. The molecule has 0 saturated heterocycles. The van der Waals surface area contributed by atoms with E-state index in [1.54, 1.807) is 31.2 Å². The monoisotopic (exact) mass is 407 g/mol. The van der Waals surface area contributed by atoms with Gasteiger partial charge < -0.3 is 9.15 Å². The molecule has 0 aliphatic heterocycles. The van der Waals surface area contributed by atoms with Gasteiger partial charge in [-0.1, -0.05) is 18.2 Å². The number of carbonyl (C=O) groups excluding carboxylic acids is 1. The van der Waals surface area contributed by atoms with Gasteiger partial charge in [-0.05, 0) is 55.3 Å². The summed E-state index contributed by atoms with van der Waals surface area (Å²) in [7, 11) is 0. The Morgan fingerprint density at radius 1 is 1.20 bits per heavy atom. The topological polar surface area (TPSA) is 107 Å². The molecule has 0 radical (unpaired) electrons. The number of nitro groups is 1. The second-order valence-electron chi connectivity index (χ2n) is 6.53. The number of hydrogen-bond donors (Lipinski definition) is 1. The van der Waals surface area contributed by atoms with Crippen molar-refractivity contribution < 1.29 is 18.9 Å². The number of hydrazone groups is 1. The Bertz CT molecular complexity index is 1070. The second kappa shape index (κ2) is 9.51. The third-order valence-electron chi connectivity index (χ3n) is 4.22. The fourth-order valence-corrected chi connectivity index (χ4v) is 2.83. The molecule has 1 amide bonds.